The van der Waals surface area contributed by atoms with Gasteiger partial charge >= 0.3 is 0 Å². The molecular weight excluding hydrogens is 296 g/mol. The molecule has 2 aromatic carbocycles. The van der Waals surface area contributed by atoms with Crippen LogP contribution in [0.25, 0.3) is 5.57 Å². The highest BCUT2D eigenvalue weighted by Crippen LogP contribution is 2.39. The Kier molecular flexibility index (Phi) is 4.57. The van der Waals surface area contributed by atoms with E-state index in [0.717, 1.165) is 36.0 Å². The summed E-state index contributed by atoms with van der Waals surface area (Å²) in [5.41, 5.74) is 7.05. The smallest absolute Gasteiger partial charge is 0.115 e. The van der Waals surface area contributed by atoms with Crippen molar-refractivity contribution >= 4 is 5.57 Å². The summed E-state index contributed by atoms with van der Waals surface area (Å²) in [6.07, 6.45) is 5.26. The molecule has 1 aliphatic carbocycles. The number of hydrogen-bond acceptors (Lipinski definition) is 2. The van der Waals surface area contributed by atoms with Crippen LogP contribution in [0.15, 0.2) is 77.9 Å². The number of phenolic OH excluding ortho intramolecular Hbond substituents is 2. The van der Waals surface area contributed by atoms with Crippen molar-refractivity contribution in [3.05, 3.63) is 89.0 Å². The number of hydrogen-bond donors (Lipinski definition) is 2. The molecule has 0 saturated heterocycles. The van der Waals surface area contributed by atoms with Crippen LogP contribution in [0.1, 0.15) is 37.3 Å². The fourth-order valence-electron chi connectivity index (χ4n) is 2.88. The van der Waals surface area contributed by atoms with Crippen molar-refractivity contribution in [3.8, 4) is 11.5 Å². The molecule has 0 atom stereocenters. The normalized spacial score (nSPS) is 14.7. The van der Waals surface area contributed by atoms with Gasteiger partial charge in [-0.1, -0.05) is 50.3 Å². The lowest BCUT2D eigenvalue weighted by atomic mass is 9.90. The van der Waals surface area contributed by atoms with Crippen LogP contribution in [0.4, 0.5) is 0 Å². The quantitative estimate of drug-likeness (QED) is 0.755. The summed E-state index contributed by atoms with van der Waals surface area (Å²) in [5, 5.41) is 19.2. The van der Waals surface area contributed by atoms with E-state index >= 15 is 0 Å². The first-order chi connectivity index (χ1) is 11.6. The SMILES string of the molecule is C=C1C/C1=C\C(CCC)=C(c1ccc(O)cc1)c1ccc(O)cc1. The van der Waals surface area contributed by atoms with Crippen LogP contribution in [0, 0.1) is 0 Å². The summed E-state index contributed by atoms with van der Waals surface area (Å²) in [6, 6.07) is 14.6. The van der Waals surface area contributed by atoms with Crippen LogP contribution >= 0.6 is 0 Å². The van der Waals surface area contributed by atoms with E-state index in [2.05, 4.69) is 19.6 Å². The molecule has 0 spiro atoms. The minimum atomic E-state index is 0.259. The average Bonchev–Trinajstić information content (AvgIpc) is 3.26. The third-order valence-electron chi connectivity index (χ3n) is 4.23. The second kappa shape index (κ2) is 6.79. The fourth-order valence-corrected chi connectivity index (χ4v) is 2.88. The zero-order chi connectivity index (χ0) is 17.1. The Morgan fingerprint density at radius 2 is 1.42 bits per heavy atom. The lowest BCUT2D eigenvalue weighted by Gasteiger charge is -2.14. The molecule has 2 aromatic rings. The topological polar surface area (TPSA) is 40.5 Å². The van der Waals surface area contributed by atoms with Gasteiger partial charge in [0.15, 0.2) is 0 Å². The Hall–Kier alpha value is -2.74. The summed E-state index contributed by atoms with van der Waals surface area (Å²) in [5.74, 6) is 0.518. The summed E-state index contributed by atoms with van der Waals surface area (Å²) < 4.78 is 0. The molecular formula is C22H22O2. The molecule has 0 bridgehead atoms. The number of benzene rings is 2. The van der Waals surface area contributed by atoms with Crippen molar-refractivity contribution in [2.75, 3.05) is 0 Å². The van der Waals surface area contributed by atoms with Crippen LogP contribution in [-0.2, 0) is 0 Å². The van der Waals surface area contributed by atoms with Crippen molar-refractivity contribution in [1.82, 2.24) is 0 Å². The molecule has 1 aliphatic rings. The third kappa shape index (κ3) is 3.60. The molecule has 3 rings (SSSR count). The minimum absolute atomic E-state index is 0.259. The van der Waals surface area contributed by atoms with Gasteiger partial charge < -0.3 is 10.2 Å². The van der Waals surface area contributed by atoms with Crippen LogP contribution in [0.3, 0.4) is 0 Å². The molecule has 0 radical (unpaired) electrons. The first-order valence-corrected chi connectivity index (χ1v) is 8.29. The van der Waals surface area contributed by atoms with Crippen LogP contribution < -0.4 is 0 Å². The molecule has 2 heteroatoms. The van der Waals surface area contributed by atoms with Gasteiger partial charge in [0.2, 0.25) is 0 Å². The summed E-state index contributed by atoms with van der Waals surface area (Å²) in [6.45, 7) is 6.20. The van der Waals surface area contributed by atoms with Gasteiger partial charge in [-0.2, -0.15) is 0 Å². The third-order valence-corrected chi connectivity index (χ3v) is 4.23. The van der Waals surface area contributed by atoms with Crippen molar-refractivity contribution in [3.63, 3.8) is 0 Å². The molecule has 2 nitrogen and oxygen atoms in total. The van der Waals surface area contributed by atoms with E-state index in [-0.39, 0.29) is 11.5 Å². The van der Waals surface area contributed by atoms with E-state index in [1.807, 2.05) is 24.3 Å². The standard InChI is InChI=1S/C22H22O2/c1-3-4-18(14-19-13-15(19)2)22(16-5-9-20(23)10-6-16)17-7-11-21(24)12-8-17/h5-12,14,23-24H,2-4,13H2,1H3/b19-14+. The zero-order valence-corrected chi connectivity index (χ0v) is 13.9. The van der Waals surface area contributed by atoms with E-state index in [0.29, 0.717) is 0 Å². The largest absolute Gasteiger partial charge is 0.508 e. The Labute approximate surface area is 143 Å². The van der Waals surface area contributed by atoms with Crippen molar-refractivity contribution in [1.29, 1.82) is 0 Å². The van der Waals surface area contributed by atoms with Crippen LogP contribution in [0.5, 0.6) is 11.5 Å². The molecule has 2 N–H and O–H groups in total. The van der Waals surface area contributed by atoms with E-state index in [1.165, 1.54) is 16.7 Å². The van der Waals surface area contributed by atoms with Gasteiger partial charge in [-0.3, -0.25) is 0 Å². The Balaban J connectivity index is 2.18. The van der Waals surface area contributed by atoms with Crippen molar-refractivity contribution < 1.29 is 10.2 Å². The number of allylic oxidation sites excluding steroid dienone is 4. The van der Waals surface area contributed by atoms with Gasteiger partial charge in [-0.05, 0) is 70.5 Å². The highest BCUT2D eigenvalue weighted by atomic mass is 16.3. The molecule has 0 unspecified atom stereocenters. The highest BCUT2D eigenvalue weighted by Gasteiger charge is 2.19. The van der Waals surface area contributed by atoms with Gasteiger partial charge in [0.25, 0.3) is 0 Å². The second-order valence-electron chi connectivity index (χ2n) is 6.19. The molecule has 0 amide bonds. The average molecular weight is 318 g/mol. The highest BCUT2D eigenvalue weighted by molar-refractivity contribution is 5.84. The van der Waals surface area contributed by atoms with E-state index < -0.39 is 0 Å². The maximum Gasteiger partial charge on any atom is 0.115 e. The molecule has 1 fully saturated rings. The molecule has 1 saturated carbocycles. The fraction of sp³-hybridized carbons (Fsp3) is 0.182. The maximum atomic E-state index is 9.60. The number of rotatable bonds is 5. The van der Waals surface area contributed by atoms with Crippen LogP contribution in [-0.4, -0.2) is 10.2 Å². The van der Waals surface area contributed by atoms with Gasteiger partial charge in [0.1, 0.15) is 11.5 Å². The van der Waals surface area contributed by atoms with Gasteiger partial charge in [0.05, 0.1) is 0 Å². The number of phenols is 2. The lowest BCUT2D eigenvalue weighted by Crippen LogP contribution is -1.94. The molecule has 24 heavy (non-hydrogen) atoms. The first kappa shape index (κ1) is 16.1. The Morgan fingerprint density at radius 3 is 1.79 bits per heavy atom. The summed E-state index contributed by atoms with van der Waals surface area (Å²) >= 11 is 0. The molecule has 0 aliphatic heterocycles. The predicted octanol–water partition coefficient (Wildman–Crippen LogP) is 5.59. The maximum absolute atomic E-state index is 9.60. The summed E-state index contributed by atoms with van der Waals surface area (Å²) in [4.78, 5) is 0. The van der Waals surface area contributed by atoms with E-state index in [4.69, 9.17) is 0 Å². The van der Waals surface area contributed by atoms with Gasteiger partial charge in [0, 0.05) is 0 Å². The molecule has 0 heterocycles. The minimum Gasteiger partial charge on any atom is -0.508 e. The Morgan fingerprint density at radius 1 is 0.958 bits per heavy atom. The van der Waals surface area contributed by atoms with Crippen LogP contribution in [0.2, 0.25) is 0 Å². The van der Waals surface area contributed by atoms with E-state index in [1.54, 1.807) is 24.3 Å². The van der Waals surface area contributed by atoms with Gasteiger partial charge in [-0.25, -0.2) is 0 Å². The first-order valence-electron chi connectivity index (χ1n) is 8.29. The summed E-state index contributed by atoms with van der Waals surface area (Å²) in [7, 11) is 0. The molecule has 122 valence electrons. The van der Waals surface area contributed by atoms with Crippen molar-refractivity contribution in [2.24, 2.45) is 0 Å². The van der Waals surface area contributed by atoms with E-state index in [9.17, 15) is 10.2 Å². The Bertz CT molecular complexity index is 759. The zero-order valence-electron chi connectivity index (χ0n) is 13.9. The number of aromatic hydroxyl groups is 2. The predicted molar refractivity (Wildman–Crippen MR) is 99.0 cm³/mol. The lowest BCUT2D eigenvalue weighted by molar-refractivity contribution is 0.475. The monoisotopic (exact) mass is 318 g/mol. The molecule has 0 aromatic heterocycles. The van der Waals surface area contributed by atoms with Gasteiger partial charge in [-0.15, -0.1) is 0 Å². The van der Waals surface area contributed by atoms with Crippen molar-refractivity contribution in [2.45, 2.75) is 26.2 Å². The second-order valence-corrected chi connectivity index (χ2v) is 6.19.